The molecule has 0 aliphatic heterocycles. The van der Waals surface area contributed by atoms with Crippen LogP contribution in [0, 0.1) is 5.92 Å². The number of amides is 1. The van der Waals surface area contributed by atoms with Crippen LogP contribution >= 0.6 is 0 Å². The summed E-state index contributed by atoms with van der Waals surface area (Å²) in [6, 6.07) is 0. The van der Waals surface area contributed by atoms with Gasteiger partial charge in [-0.15, -0.1) is 0 Å². The normalized spacial score (nSPS) is 16.7. The van der Waals surface area contributed by atoms with E-state index in [0.29, 0.717) is 6.54 Å². The molecule has 1 amide bonds. The standard InChI is InChI=1S/C14H29N3O2/c15-8-4-10-17(11-5-9-16-14(18)19)12-13-6-2-1-3-7-13/h13,16H,1-12,15H2,(H,18,19). The number of hydrogen-bond acceptors (Lipinski definition) is 3. The molecule has 0 bridgehead atoms. The van der Waals surface area contributed by atoms with Crippen molar-refractivity contribution in [3.8, 4) is 0 Å². The molecular weight excluding hydrogens is 242 g/mol. The van der Waals surface area contributed by atoms with Crippen LogP contribution in [0.3, 0.4) is 0 Å². The predicted octanol–water partition coefficient (Wildman–Crippen LogP) is 1.88. The Balaban J connectivity index is 2.22. The summed E-state index contributed by atoms with van der Waals surface area (Å²) < 4.78 is 0. The quantitative estimate of drug-likeness (QED) is 0.559. The largest absolute Gasteiger partial charge is 0.465 e. The van der Waals surface area contributed by atoms with Gasteiger partial charge in [0.15, 0.2) is 0 Å². The van der Waals surface area contributed by atoms with E-state index < -0.39 is 6.09 Å². The summed E-state index contributed by atoms with van der Waals surface area (Å²) in [6.45, 7) is 4.44. The summed E-state index contributed by atoms with van der Waals surface area (Å²) in [5.74, 6) is 0.832. The maximum Gasteiger partial charge on any atom is 0.404 e. The Morgan fingerprint density at radius 1 is 1.21 bits per heavy atom. The fourth-order valence-corrected chi connectivity index (χ4v) is 2.84. The van der Waals surface area contributed by atoms with Crippen molar-refractivity contribution in [2.75, 3.05) is 32.7 Å². The van der Waals surface area contributed by atoms with Gasteiger partial charge in [0.1, 0.15) is 0 Å². The highest BCUT2D eigenvalue weighted by Crippen LogP contribution is 2.24. The lowest BCUT2D eigenvalue weighted by Gasteiger charge is -2.29. The second-order valence-electron chi connectivity index (χ2n) is 5.53. The fraction of sp³-hybridized carbons (Fsp3) is 0.929. The molecule has 5 nitrogen and oxygen atoms in total. The van der Waals surface area contributed by atoms with Crippen LogP contribution < -0.4 is 11.1 Å². The first-order valence-corrected chi connectivity index (χ1v) is 7.61. The molecule has 0 atom stereocenters. The first-order chi connectivity index (χ1) is 9.22. The van der Waals surface area contributed by atoms with Crippen molar-refractivity contribution in [2.24, 2.45) is 11.7 Å². The minimum absolute atomic E-state index is 0.541. The zero-order valence-electron chi connectivity index (χ0n) is 11.9. The monoisotopic (exact) mass is 271 g/mol. The van der Waals surface area contributed by atoms with Gasteiger partial charge in [-0.25, -0.2) is 4.79 Å². The predicted molar refractivity (Wildman–Crippen MR) is 77.3 cm³/mol. The maximum absolute atomic E-state index is 10.4. The number of rotatable bonds is 9. The second kappa shape index (κ2) is 10.0. The lowest BCUT2D eigenvalue weighted by atomic mass is 9.89. The third-order valence-electron chi connectivity index (χ3n) is 3.85. The summed E-state index contributed by atoms with van der Waals surface area (Å²) in [6.07, 6.45) is 7.82. The number of carboxylic acid groups (broad SMARTS) is 1. The van der Waals surface area contributed by atoms with E-state index in [0.717, 1.165) is 44.9 Å². The summed E-state index contributed by atoms with van der Waals surface area (Å²) >= 11 is 0. The Morgan fingerprint density at radius 2 is 1.89 bits per heavy atom. The lowest BCUT2D eigenvalue weighted by Crippen LogP contribution is -2.35. The first kappa shape index (κ1) is 16.2. The van der Waals surface area contributed by atoms with Gasteiger partial charge in [0, 0.05) is 13.1 Å². The minimum atomic E-state index is -0.930. The van der Waals surface area contributed by atoms with Gasteiger partial charge in [-0.2, -0.15) is 0 Å². The molecule has 4 N–H and O–H groups in total. The molecule has 0 aromatic heterocycles. The third-order valence-corrected chi connectivity index (χ3v) is 3.85. The Bertz CT molecular complexity index is 243. The molecule has 1 aliphatic carbocycles. The van der Waals surface area contributed by atoms with Crippen molar-refractivity contribution in [1.82, 2.24) is 10.2 Å². The second-order valence-corrected chi connectivity index (χ2v) is 5.53. The van der Waals surface area contributed by atoms with E-state index >= 15 is 0 Å². The summed E-state index contributed by atoms with van der Waals surface area (Å²) in [5, 5.41) is 11.0. The summed E-state index contributed by atoms with van der Waals surface area (Å²) in [5.41, 5.74) is 5.59. The molecule has 19 heavy (non-hydrogen) atoms. The highest BCUT2D eigenvalue weighted by molar-refractivity contribution is 5.64. The smallest absolute Gasteiger partial charge is 0.404 e. The van der Waals surface area contributed by atoms with Crippen LogP contribution in [0.2, 0.25) is 0 Å². The maximum atomic E-state index is 10.4. The Morgan fingerprint density at radius 3 is 2.53 bits per heavy atom. The number of nitrogens with two attached hydrogens (primary N) is 1. The van der Waals surface area contributed by atoms with Crippen LogP contribution in [-0.2, 0) is 0 Å². The highest BCUT2D eigenvalue weighted by atomic mass is 16.4. The van der Waals surface area contributed by atoms with Crippen molar-refractivity contribution < 1.29 is 9.90 Å². The van der Waals surface area contributed by atoms with Crippen molar-refractivity contribution in [2.45, 2.75) is 44.9 Å². The third kappa shape index (κ3) is 8.06. The van der Waals surface area contributed by atoms with Gasteiger partial charge in [0.05, 0.1) is 0 Å². The van der Waals surface area contributed by atoms with Gasteiger partial charge in [-0.3, -0.25) is 0 Å². The average Bonchev–Trinajstić information content (AvgIpc) is 2.41. The lowest BCUT2D eigenvalue weighted by molar-refractivity contribution is 0.187. The molecule has 0 radical (unpaired) electrons. The van der Waals surface area contributed by atoms with E-state index in [1.54, 1.807) is 0 Å². The molecular formula is C14H29N3O2. The zero-order chi connectivity index (χ0) is 13.9. The SMILES string of the molecule is NCCCN(CCCNC(=O)O)CC1CCCCC1. The van der Waals surface area contributed by atoms with Gasteiger partial charge < -0.3 is 21.1 Å². The summed E-state index contributed by atoms with van der Waals surface area (Å²) in [7, 11) is 0. The van der Waals surface area contributed by atoms with E-state index in [4.69, 9.17) is 10.8 Å². The zero-order valence-corrected chi connectivity index (χ0v) is 11.9. The van der Waals surface area contributed by atoms with Gasteiger partial charge in [-0.1, -0.05) is 19.3 Å². The van der Waals surface area contributed by atoms with Crippen LogP contribution in [-0.4, -0.2) is 48.8 Å². The van der Waals surface area contributed by atoms with Crippen molar-refractivity contribution >= 4 is 6.09 Å². The number of nitrogens with one attached hydrogen (secondary N) is 1. The highest BCUT2D eigenvalue weighted by Gasteiger charge is 2.16. The van der Waals surface area contributed by atoms with Crippen LogP contribution in [0.25, 0.3) is 0 Å². The molecule has 1 saturated carbocycles. The Kier molecular flexibility index (Phi) is 8.58. The molecule has 0 saturated heterocycles. The first-order valence-electron chi connectivity index (χ1n) is 7.61. The van der Waals surface area contributed by atoms with Crippen molar-refractivity contribution in [3.63, 3.8) is 0 Å². The van der Waals surface area contributed by atoms with Crippen LogP contribution in [0.4, 0.5) is 4.79 Å². The fourth-order valence-electron chi connectivity index (χ4n) is 2.84. The Labute approximate surface area is 116 Å². The van der Waals surface area contributed by atoms with Crippen LogP contribution in [0.1, 0.15) is 44.9 Å². The average molecular weight is 271 g/mol. The van der Waals surface area contributed by atoms with E-state index in [1.807, 2.05) is 0 Å². The number of nitrogens with zero attached hydrogens (tertiary/aromatic N) is 1. The molecule has 1 rings (SSSR count). The molecule has 1 fully saturated rings. The van der Waals surface area contributed by atoms with Gasteiger partial charge in [0.2, 0.25) is 0 Å². The molecule has 0 aromatic rings. The minimum Gasteiger partial charge on any atom is -0.465 e. The molecule has 5 heteroatoms. The molecule has 0 spiro atoms. The molecule has 0 heterocycles. The Hall–Kier alpha value is -0.810. The number of carbonyl (C=O) groups is 1. The molecule has 112 valence electrons. The van der Waals surface area contributed by atoms with Gasteiger partial charge in [-0.05, 0) is 51.2 Å². The van der Waals surface area contributed by atoms with E-state index in [9.17, 15) is 4.79 Å². The van der Waals surface area contributed by atoms with Crippen LogP contribution in [0.5, 0.6) is 0 Å². The van der Waals surface area contributed by atoms with Gasteiger partial charge in [0.25, 0.3) is 0 Å². The van der Waals surface area contributed by atoms with Crippen molar-refractivity contribution in [3.05, 3.63) is 0 Å². The summed E-state index contributed by atoms with van der Waals surface area (Å²) in [4.78, 5) is 12.9. The number of hydrogen-bond donors (Lipinski definition) is 3. The van der Waals surface area contributed by atoms with E-state index in [1.165, 1.54) is 32.1 Å². The van der Waals surface area contributed by atoms with Crippen LogP contribution in [0.15, 0.2) is 0 Å². The molecule has 0 aromatic carbocycles. The van der Waals surface area contributed by atoms with E-state index in [-0.39, 0.29) is 0 Å². The molecule has 0 unspecified atom stereocenters. The van der Waals surface area contributed by atoms with E-state index in [2.05, 4.69) is 10.2 Å². The van der Waals surface area contributed by atoms with Gasteiger partial charge >= 0.3 is 6.09 Å². The topological polar surface area (TPSA) is 78.6 Å². The van der Waals surface area contributed by atoms with Crippen molar-refractivity contribution in [1.29, 1.82) is 0 Å². The molecule has 1 aliphatic rings.